The molecule has 4 rings (SSSR count). The highest BCUT2D eigenvalue weighted by Crippen LogP contribution is 2.27. The molecule has 7 nitrogen and oxygen atoms in total. The number of aliphatic carboxylic acids is 1. The van der Waals surface area contributed by atoms with Gasteiger partial charge in [0.2, 0.25) is 0 Å². The molecule has 0 atom stereocenters. The standard InChI is InChI=1S/C18H18N4O.C2HF3O2/c1-21(2)11-12-6-8-13(9-7-12)17-15-10-19-18(23)14-4-3-5-16(20-17)22(14)15;3-2(4,5)1(6)7/h3-9H,10-11H2,1-2H3,(H,19,23);(H,6,7). The molecule has 0 unspecified atom stereocenters. The molecule has 0 saturated carbocycles. The number of imidazole rings is 1. The molecule has 2 aromatic heterocycles. The highest BCUT2D eigenvalue weighted by Gasteiger charge is 2.28. The van der Waals surface area contributed by atoms with E-state index in [9.17, 15) is 18.0 Å². The lowest BCUT2D eigenvalue weighted by Gasteiger charge is -2.16. The molecule has 1 aromatic carbocycles. The summed E-state index contributed by atoms with van der Waals surface area (Å²) in [6.45, 7) is 1.51. The van der Waals surface area contributed by atoms with E-state index >= 15 is 0 Å². The van der Waals surface area contributed by atoms with Crippen LogP contribution in [0.15, 0.2) is 42.5 Å². The fraction of sp³-hybridized carbons (Fsp3) is 0.250. The first-order valence-electron chi connectivity index (χ1n) is 9.03. The van der Waals surface area contributed by atoms with Crippen molar-refractivity contribution in [1.82, 2.24) is 14.7 Å². The van der Waals surface area contributed by atoms with Gasteiger partial charge in [0.05, 0.1) is 32.0 Å². The second kappa shape index (κ2) is 8.15. The molecule has 0 spiro atoms. The summed E-state index contributed by atoms with van der Waals surface area (Å²) in [6.07, 6.45) is -5.19. The summed E-state index contributed by atoms with van der Waals surface area (Å²) in [4.78, 5) is 26.9. The van der Waals surface area contributed by atoms with Gasteiger partial charge < -0.3 is 20.1 Å². The summed E-state index contributed by atoms with van der Waals surface area (Å²) < 4.78 is 33.5. The number of rotatable bonds is 3. The van der Waals surface area contributed by atoms with Crippen LogP contribution in [0.3, 0.4) is 0 Å². The van der Waals surface area contributed by atoms with Crippen LogP contribution in [0.4, 0.5) is 13.2 Å². The highest BCUT2D eigenvalue weighted by molar-refractivity contribution is 5.95. The Morgan fingerprint density at radius 1 is 1.20 bits per heavy atom. The van der Waals surface area contributed by atoms with Gasteiger partial charge in [0.1, 0.15) is 23.9 Å². The predicted molar refractivity (Wildman–Crippen MR) is 99.4 cm³/mol. The van der Waals surface area contributed by atoms with E-state index in [0.717, 1.165) is 29.1 Å². The molecule has 10 heteroatoms. The number of pyridine rings is 1. The molecule has 30 heavy (non-hydrogen) atoms. The number of quaternary nitrogens is 1. The number of carboxylic acids is 1. The smallest absolute Gasteiger partial charge is 0.430 e. The quantitative estimate of drug-likeness (QED) is 0.633. The number of alkyl halides is 3. The van der Waals surface area contributed by atoms with Crippen LogP contribution in [-0.2, 0) is 17.9 Å². The molecule has 1 aliphatic rings. The molecular weight excluding hydrogens is 401 g/mol. The van der Waals surface area contributed by atoms with Gasteiger partial charge in [-0.05, 0) is 12.1 Å². The molecule has 0 bridgehead atoms. The normalized spacial score (nSPS) is 13.1. The Kier molecular flexibility index (Phi) is 5.79. The number of carboxylic acid groups (broad SMARTS) is 1. The van der Waals surface area contributed by atoms with Crippen LogP contribution < -0.4 is 15.3 Å². The number of carbonyl (C=O) groups is 2. The van der Waals surface area contributed by atoms with Gasteiger partial charge in [-0.2, -0.15) is 13.2 Å². The summed E-state index contributed by atoms with van der Waals surface area (Å²) in [7, 11) is 4.29. The summed E-state index contributed by atoms with van der Waals surface area (Å²) in [5.41, 5.74) is 5.85. The van der Waals surface area contributed by atoms with Crippen molar-refractivity contribution in [3.63, 3.8) is 0 Å². The summed E-state index contributed by atoms with van der Waals surface area (Å²) >= 11 is 0. The number of hydrogen-bond acceptors (Lipinski definition) is 4. The van der Waals surface area contributed by atoms with Gasteiger partial charge in [0.15, 0.2) is 0 Å². The number of nitrogens with zero attached hydrogens (tertiary/aromatic N) is 2. The third-order valence-corrected chi connectivity index (χ3v) is 4.40. The molecule has 0 radical (unpaired) electrons. The molecule has 3 aromatic rings. The first-order valence-corrected chi connectivity index (χ1v) is 9.03. The van der Waals surface area contributed by atoms with Crippen molar-refractivity contribution in [2.75, 3.05) is 14.1 Å². The average Bonchev–Trinajstić information content (AvgIpc) is 3.04. The largest absolute Gasteiger partial charge is 0.542 e. The van der Waals surface area contributed by atoms with Crippen LogP contribution in [0.5, 0.6) is 0 Å². The van der Waals surface area contributed by atoms with Crippen molar-refractivity contribution in [1.29, 1.82) is 0 Å². The van der Waals surface area contributed by atoms with Gasteiger partial charge in [0.25, 0.3) is 5.91 Å². The third-order valence-electron chi connectivity index (χ3n) is 4.40. The van der Waals surface area contributed by atoms with Crippen LogP contribution in [0, 0.1) is 0 Å². The van der Waals surface area contributed by atoms with Crippen molar-refractivity contribution < 1.29 is 32.8 Å². The van der Waals surface area contributed by atoms with Crippen molar-refractivity contribution in [2.45, 2.75) is 19.3 Å². The molecule has 0 saturated heterocycles. The minimum atomic E-state index is -5.19. The lowest BCUT2D eigenvalue weighted by atomic mass is 10.1. The molecule has 3 heterocycles. The van der Waals surface area contributed by atoms with Crippen molar-refractivity contribution >= 4 is 17.5 Å². The Morgan fingerprint density at radius 2 is 1.83 bits per heavy atom. The molecule has 158 valence electrons. The number of amides is 1. The van der Waals surface area contributed by atoms with E-state index in [-0.39, 0.29) is 5.91 Å². The fourth-order valence-electron chi connectivity index (χ4n) is 3.17. The van der Waals surface area contributed by atoms with E-state index in [0.29, 0.717) is 12.2 Å². The van der Waals surface area contributed by atoms with Crippen LogP contribution >= 0.6 is 0 Å². The molecule has 2 N–H and O–H groups in total. The summed E-state index contributed by atoms with van der Waals surface area (Å²) in [5, 5.41) is 11.7. The number of hydrogen-bond donors (Lipinski definition) is 2. The molecule has 1 amide bonds. The van der Waals surface area contributed by atoms with Gasteiger partial charge in [0, 0.05) is 11.1 Å². The SMILES string of the molecule is C[NH+](C)Cc1ccc(-c2nc3cccc4n3c2CNC4=O)cc1.O=C([O-])C(F)(F)F. The first-order chi connectivity index (χ1) is 14.1. The lowest BCUT2D eigenvalue weighted by molar-refractivity contribution is -0.872. The second-order valence-corrected chi connectivity index (χ2v) is 7.06. The van der Waals surface area contributed by atoms with Gasteiger partial charge in [-0.1, -0.05) is 30.3 Å². The van der Waals surface area contributed by atoms with E-state index in [1.165, 1.54) is 10.5 Å². The number of aromatic nitrogens is 2. The van der Waals surface area contributed by atoms with Crippen molar-refractivity contribution in [3.8, 4) is 11.3 Å². The molecule has 0 fully saturated rings. The third kappa shape index (κ3) is 4.43. The van der Waals surface area contributed by atoms with Gasteiger partial charge in [-0.15, -0.1) is 0 Å². The minimum absolute atomic E-state index is 0.0450. The number of benzene rings is 1. The Labute approximate surface area is 169 Å². The Balaban J connectivity index is 0.000000318. The topological polar surface area (TPSA) is 91.0 Å². The minimum Gasteiger partial charge on any atom is -0.542 e. The zero-order valence-corrected chi connectivity index (χ0v) is 16.2. The van der Waals surface area contributed by atoms with E-state index in [1.54, 1.807) is 0 Å². The van der Waals surface area contributed by atoms with Crippen LogP contribution in [0.2, 0.25) is 0 Å². The summed E-state index contributed by atoms with van der Waals surface area (Å²) in [6, 6.07) is 14.2. The number of halogens is 3. The van der Waals surface area contributed by atoms with Gasteiger partial charge in [-0.3, -0.25) is 9.20 Å². The number of nitrogens with one attached hydrogen (secondary N) is 2. The highest BCUT2D eigenvalue weighted by atomic mass is 19.4. The predicted octanol–water partition coefficient (Wildman–Crippen LogP) is 0.188. The van der Waals surface area contributed by atoms with E-state index < -0.39 is 12.1 Å². The van der Waals surface area contributed by atoms with E-state index in [4.69, 9.17) is 14.9 Å². The maximum Gasteiger partial charge on any atom is 0.430 e. The van der Waals surface area contributed by atoms with Crippen LogP contribution in [0.25, 0.3) is 16.9 Å². The first kappa shape index (κ1) is 21.3. The maximum atomic E-state index is 12.0. The lowest BCUT2D eigenvalue weighted by Crippen LogP contribution is -3.04. The Bertz CT molecular complexity index is 1090. The molecule has 1 aliphatic heterocycles. The summed E-state index contributed by atoms with van der Waals surface area (Å²) in [5.74, 6) is -3.05. The average molecular weight is 420 g/mol. The Morgan fingerprint density at radius 3 is 2.40 bits per heavy atom. The zero-order chi connectivity index (χ0) is 22.1. The number of carbonyl (C=O) groups excluding carboxylic acids is 2. The van der Waals surface area contributed by atoms with Crippen LogP contribution in [0.1, 0.15) is 21.7 Å². The molecular formula is C20H19F3N4O3. The maximum absolute atomic E-state index is 12.0. The zero-order valence-electron chi connectivity index (χ0n) is 16.2. The van der Waals surface area contributed by atoms with Crippen molar-refractivity contribution in [2.24, 2.45) is 0 Å². The van der Waals surface area contributed by atoms with Crippen molar-refractivity contribution in [3.05, 3.63) is 59.4 Å². The van der Waals surface area contributed by atoms with Gasteiger partial charge in [-0.25, -0.2) is 4.98 Å². The van der Waals surface area contributed by atoms with Gasteiger partial charge >= 0.3 is 6.18 Å². The van der Waals surface area contributed by atoms with E-state index in [2.05, 4.69) is 43.7 Å². The van der Waals surface area contributed by atoms with Crippen LogP contribution in [-0.4, -0.2) is 41.5 Å². The fourth-order valence-corrected chi connectivity index (χ4v) is 3.17. The Hall–Kier alpha value is -3.40. The van der Waals surface area contributed by atoms with E-state index in [1.807, 2.05) is 22.6 Å². The molecule has 0 aliphatic carbocycles. The monoisotopic (exact) mass is 420 g/mol. The second-order valence-electron chi connectivity index (χ2n) is 7.06.